The summed E-state index contributed by atoms with van der Waals surface area (Å²) in [5.74, 6) is 1.81. The summed E-state index contributed by atoms with van der Waals surface area (Å²) in [6.07, 6.45) is 2.91. The molecule has 0 aromatic carbocycles. The van der Waals surface area contributed by atoms with E-state index in [4.69, 9.17) is 0 Å². The van der Waals surface area contributed by atoms with E-state index < -0.39 is 20.3 Å². The topological polar surface area (TPSA) is 0 Å². The second-order valence-electron chi connectivity index (χ2n) is 4.54. The first-order valence-electron chi connectivity index (χ1n) is 5.16. The van der Waals surface area contributed by atoms with Gasteiger partial charge in [0.2, 0.25) is 0 Å². The van der Waals surface area contributed by atoms with Gasteiger partial charge in [-0.3, -0.25) is 0 Å². The van der Waals surface area contributed by atoms with Crippen molar-refractivity contribution in [2.24, 2.45) is 11.8 Å². The standard InChI is InChI=1S/2C5H11.BrH.Tl/c2*1-4-5(2)3;;/h2*5H,1,4H2,2-3H3;1H;/q;;;+1/p-1. The van der Waals surface area contributed by atoms with Gasteiger partial charge in [0.15, 0.2) is 0 Å². The van der Waals surface area contributed by atoms with Gasteiger partial charge in [0.25, 0.3) is 0 Å². The second kappa shape index (κ2) is 7.77. The molecule has 0 unspecified atom stereocenters. The second-order valence-corrected chi connectivity index (χ2v) is 25.0. The van der Waals surface area contributed by atoms with Gasteiger partial charge in [-0.25, -0.2) is 0 Å². The molecule has 0 saturated carbocycles. The Morgan fingerprint density at radius 3 is 1.50 bits per heavy atom. The molecule has 0 amide bonds. The molecule has 12 heavy (non-hydrogen) atoms. The molecular formula is C10H22BrTl. The van der Waals surface area contributed by atoms with Crippen molar-refractivity contribution in [3.8, 4) is 0 Å². The van der Waals surface area contributed by atoms with E-state index in [-0.39, 0.29) is 0 Å². The van der Waals surface area contributed by atoms with E-state index in [0.29, 0.717) is 0 Å². The average molecular weight is 427 g/mol. The van der Waals surface area contributed by atoms with Gasteiger partial charge in [-0.1, -0.05) is 0 Å². The van der Waals surface area contributed by atoms with Crippen LogP contribution in [-0.2, 0) is 0 Å². The zero-order chi connectivity index (χ0) is 9.56. The summed E-state index contributed by atoms with van der Waals surface area (Å²) >= 11 is 2.70. The Morgan fingerprint density at radius 1 is 0.917 bits per heavy atom. The molecule has 0 aliphatic rings. The number of rotatable bonds is 6. The molecule has 0 radical (unpaired) electrons. The summed E-state index contributed by atoms with van der Waals surface area (Å²) < 4.78 is 3.12. The summed E-state index contributed by atoms with van der Waals surface area (Å²) in [5.41, 5.74) is 0. The van der Waals surface area contributed by atoms with Crippen LogP contribution in [0.1, 0.15) is 40.5 Å². The minimum absolute atomic E-state index is 0.907. The van der Waals surface area contributed by atoms with E-state index in [1.54, 1.807) is 7.96 Å². The van der Waals surface area contributed by atoms with Crippen LogP contribution >= 0.6 is 12.0 Å². The zero-order valence-electron chi connectivity index (χ0n) is 8.94. The van der Waals surface area contributed by atoms with E-state index in [1.807, 2.05) is 0 Å². The number of hydrogen-bond acceptors (Lipinski definition) is 0. The summed E-state index contributed by atoms with van der Waals surface area (Å²) in [4.78, 5) is 0. The van der Waals surface area contributed by atoms with Crippen LogP contribution in [0.5, 0.6) is 0 Å². The van der Waals surface area contributed by atoms with Crippen molar-refractivity contribution in [1.82, 2.24) is 0 Å². The van der Waals surface area contributed by atoms with Crippen molar-refractivity contribution < 1.29 is 0 Å². The third kappa shape index (κ3) is 9.49. The maximum atomic E-state index is 3.96. The molecule has 0 aromatic heterocycles. The van der Waals surface area contributed by atoms with Crippen molar-refractivity contribution in [1.29, 1.82) is 0 Å². The van der Waals surface area contributed by atoms with Crippen LogP contribution in [0.25, 0.3) is 0 Å². The molecule has 0 fully saturated rings. The monoisotopic (exact) mass is 426 g/mol. The molecule has 0 N–H and O–H groups in total. The quantitative estimate of drug-likeness (QED) is 0.550. The van der Waals surface area contributed by atoms with Crippen molar-refractivity contribution in [2.75, 3.05) is 0 Å². The predicted molar refractivity (Wildman–Crippen MR) is 63.2 cm³/mol. The van der Waals surface area contributed by atoms with Crippen molar-refractivity contribution in [3.05, 3.63) is 0 Å². The van der Waals surface area contributed by atoms with Crippen LogP contribution in [0, 0.1) is 11.8 Å². The number of halogens is 1. The molecule has 0 saturated heterocycles. The van der Waals surface area contributed by atoms with Crippen LogP contribution in [0.4, 0.5) is 0 Å². The minimum atomic E-state index is -1.25. The molecule has 0 aliphatic heterocycles. The van der Waals surface area contributed by atoms with Crippen molar-refractivity contribution in [3.63, 3.8) is 0 Å². The van der Waals surface area contributed by atoms with E-state index in [9.17, 15) is 0 Å². The fourth-order valence-electron chi connectivity index (χ4n) is 1.17. The first kappa shape index (κ1) is 13.4. The first-order valence-corrected chi connectivity index (χ1v) is 21.2. The molecular weight excluding hydrogens is 404 g/mol. The molecule has 0 nitrogen and oxygen atoms in total. The van der Waals surface area contributed by atoms with Crippen molar-refractivity contribution >= 4 is 32.3 Å². The van der Waals surface area contributed by atoms with Crippen LogP contribution in [0.15, 0.2) is 0 Å². The molecule has 0 aliphatic carbocycles. The molecule has 72 valence electrons. The van der Waals surface area contributed by atoms with E-state index >= 15 is 0 Å². The molecule has 0 bridgehead atoms. The van der Waals surface area contributed by atoms with E-state index in [0.717, 1.165) is 11.8 Å². The van der Waals surface area contributed by atoms with Gasteiger partial charge in [0.1, 0.15) is 0 Å². The molecule has 0 heterocycles. The molecule has 2 heteroatoms. The van der Waals surface area contributed by atoms with Crippen LogP contribution in [0.3, 0.4) is 0 Å². The molecule has 0 spiro atoms. The van der Waals surface area contributed by atoms with Crippen LogP contribution < -0.4 is 0 Å². The Balaban J connectivity index is 3.27. The van der Waals surface area contributed by atoms with Gasteiger partial charge in [-0.2, -0.15) is 0 Å². The fourth-order valence-corrected chi connectivity index (χ4v) is 14.9. The van der Waals surface area contributed by atoms with E-state index in [2.05, 4.69) is 39.7 Å². The number of hydrogen-bond donors (Lipinski definition) is 0. The third-order valence-corrected chi connectivity index (χ3v) is 17.6. The average Bonchev–Trinajstić information content (AvgIpc) is 1.96. The Kier molecular flexibility index (Phi) is 8.68. The Bertz CT molecular complexity index is 90.0. The van der Waals surface area contributed by atoms with Gasteiger partial charge in [-0.15, -0.1) is 0 Å². The molecule has 0 aromatic rings. The fraction of sp³-hybridized carbons (Fsp3) is 1.00. The summed E-state index contributed by atoms with van der Waals surface area (Å²) in [6, 6.07) is 0. The van der Waals surface area contributed by atoms with E-state index in [1.165, 1.54) is 12.8 Å². The first-order chi connectivity index (χ1) is 5.52. The summed E-state index contributed by atoms with van der Waals surface area (Å²) in [7, 11) is 0. The third-order valence-electron chi connectivity index (χ3n) is 2.11. The Morgan fingerprint density at radius 2 is 1.25 bits per heavy atom. The van der Waals surface area contributed by atoms with Crippen molar-refractivity contribution in [2.45, 2.75) is 48.5 Å². The van der Waals surface area contributed by atoms with Gasteiger partial charge < -0.3 is 0 Å². The maximum absolute atomic E-state index is 3.96. The zero-order valence-corrected chi connectivity index (χ0v) is 15.0. The Labute approximate surface area is 91.9 Å². The SMILES string of the molecule is CC(C)C[CH2][Tl]([Br])[CH2]CC(C)C. The molecule has 0 atom stereocenters. The summed E-state index contributed by atoms with van der Waals surface area (Å²) in [5, 5.41) is 0. The Hall–Kier alpha value is 1.40. The normalized spacial score (nSPS) is 11.2. The van der Waals surface area contributed by atoms with Gasteiger partial charge in [0, 0.05) is 0 Å². The van der Waals surface area contributed by atoms with Gasteiger partial charge in [-0.05, 0) is 0 Å². The van der Waals surface area contributed by atoms with Crippen LogP contribution in [0.2, 0.25) is 7.96 Å². The summed E-state index contributed by atoms with van der Waals surface area (Å²) in [6.45, 7) is 9.32. The molecule has 0 rings (SSSR count). The van der Waals surface area contributed by atoms with Gasteiger partial charge >= 0.3 is 92.6 Å². The van der Waals surface area contributed by atoms with Crippen LogP contribution in [-0.4, -0.2) is 20.3 Å². The van der Waals surface area contributed by atoms with Gasteiger partial charge in [0.05, 0.1) is 0 Å². The predicted octanol–water partition coefficient (Wildman–Crippen LogP) is 4.47.